The van der Waals surface area contributed by atoms with Crippen molar-refractivity contribution < 1.29 is 4.74 Å². The summed E-state index contributed by atoms with van der Waals surface area (Å²) < 4.78 is 7.75. The molecule has 4 aromatic rings. The molecule has 6 rings (SSSR count). The van der Waals surface area contributed by atoms with Crippen LogP contribution in [0.4, 0.5) is 5.69 Å². The van der Waals surface area contributed by atoms with Crippen molar-refractivity contribution >= 4 is 16.6 Å². The molecule has 1 N–H and O–H groups in total. The molecule has 9 heteroatoms. The zero-order chi connectivity index (χ0) is 27.1. The second-order valence-electron chi connectivity index (χ2n) is 11.1. The van der Waals surface area contributed by atoms with Crippen LogP contribution in [-0.2, 0) is 11.3 Å². The molecule has 2 fully saturated rings. The van der Waals surface area contributed by atoms with Crippen molar-refractivity contribution in [2.24, 2.45) is 0 Å². The van der Waals surface area contributed by atoms with Crippen LogP contribution in [0.1, 0.15) is 52.5 Å². The minimum Gasteiger partial charge on any atom is -0.376 e. The van der Waals surface area contributed by atoms with Crippen molar-refractivity contribution in [3.8, 4) is 0 Å². The number of H-pyrrole nitrogens is 1. The molecule has 0 aliphatic carbocycles. The van der Waals surface area contributed by atoms with Crippen molar-refractivity contribution in [2.45, 2.75) is 59.2 Å². The van der Waals surface area contributed by atoms with Crippen molar-refractivity contribution in [3.05, 3.63) is 80.4 Å². The van der Waals surface area contributed by atoms with E-state index in [0.29, 0.717) is 17.9 Å². The highest BCUT2D eigenvalue weighted by atomic mass is 16.5. The van der Waals surface area contributed by atoms with Crippen LogP contribution in [0.15, 0.2) is 41.2 Å². The Kier molecular flexibility index (Phi) is 6.95. The van der Waals surface area contributed by atoms with Gasteiger partial charge in [-0.1, -0.05) is 18.2 Å². The molecule has 0 radical (unpaired) electrons. The Labute approximate surface area is 228 Å². The van der Waals surface area contributed by atoms with Crippen molar-refractivity contribution in [3.63, 3.8) is 0 Å². The van der Waals surface area contributed by atoms with Gasteiger partial charge in [0.2, 0.25) is 0 Å². The Morgan fingerprint density at radius 1 is 1.05 bits per heavy atom. The van der Waals surface area contributed by atoms with Crippen LogP contribution in [0.5, 0.6) is 0 Å². The van der Waals surface area contributed by atoms with Gasteiger partial charge in [0.1, 0.15) is 6.04 Å². The molecular formula is C30H37N7O2. The highest BCUT2D eigenvalue weighted by molar-refractivity contribution is 5.83. The zero-order valence-corrected chi connectivity index (χ0v) is 23.3. The summed E-state index contributed by atoms with van der Waals surface area (Å²) in [6, 6.07) is 12.4. The van der Waals surface area contributed by atoms with Gasteiger partial charge in [-0.15, -0.1) is 5.10 Å². The second-order valence-corrected chi connectivity index (χ2v) is 11.1. The molecule has 9 nitrogen and oxygen atoms in total. The van der Waals surface area contributed by atoms with Gasteiger partial charge in [0.05, 0.1) is 12.6 Å². The SMILES string of the molecule is Cc1cc(C)c2cc(C(c3nnnn3CC3CCCO3)N3CCN(c4cccc(C)c4C)CC3)c(=O)[nH]c2c1. The number of piperazine rings is 1. The minimum atomic E-state index is -0.365. The monoisotopic (exact) mass is 527 g/mol. The van der Waals surface area contributed by atoms with E-state index in [-0.39, 0.29) is 17.7 Å². The van der Waals surface area contributed by atoms with E-state index >= 15 is 0 Å². The summed E-state index contributed by atoms with van der Waals surface area (Å²) in [4.78, 5) is 21.6. The number of ether oxygens (including phenoxy) is 1. The summed E-state index contributed by atoms with van der Waals surface area (Å²) in [5.74, 6) is 0.695. The minimum absolute atomic E-state index is 0.0918. The first-order valence-electron chi connectivity index (χ1n) is 14.0. The molecule has 0 bridgehead atoms. The largest absolute Gasteiger partial charge is 0.376 e. The molecular weight excluding hydrogens is 490 g/mol. The first-order valence-corrected chi connectivity index (χ1v) is 14.0. The molecule has 2 aliphatic heterocycles. The number of pyridine rings is 1. The molecule has 2 aromatic heterocycles. The number of hydrogen-bond acceptors (Lipinski definition) is 7. The quantitative estimate of drug-likeness (QED) is 0.407. The number of fused-ring (bicyclic) bond motifs is 1. The number of aryl methyl sites for hydroxylation is 3. The number of hydrogen-bond donors (Lipinski definition) is 1. The first-order chi connectivity index (χ1) is 18.9. The van der Waals surface area contributed by atoms with Crippen LogP contribution < -0.4 is 10.5 Å². The van der Waals surface area contributed by atoms with Crippen LogP contribution in [-0.4, -0.2) is 69.0 Å². The topological polar surface area (TPSA) is 92.2 Å². The number of aromatic nitrogens is 5. The van der Waals surface area contributed by atoms with E-state index in [0.717, 1.165) is 67.7 Å². The number of nitrogens with zero attached hydrogens (tertiary/aromatic N) is 6. The van der Waals surface area contributed by atoms with Gasteiger partial charge >= 0.3 is 0 Å². The fourth-order valence-electron chi connectivity index (χ4n) is 6.21. The molecule has 2 aromatic carbocycles. The van der Waals surface area contributed by atoms with Gasteiger partial charge in [-0.05, 0) is 91.4 Å². The smallest absolute Gasteiger partial charge is 0.253 e. The Morgan fingerprint density at radius 2 is 1.87 bits per heavy atom. The van der Waals surface area contributed by atoms with Gasteiger partial charge in [0.25, 0.3) is 5.56 Å². The number of aromatic amines is 1. The van der Waals surface area contributed by atoms with Crippen LogP contribution in [0.25, 0.3) is 10.9 Å². The first kappa shape index (κ1) is 25.7. The fourth-order valence-corrected chi connectivity index (χ4v) is 6.21. The highest BCUT2D eigenvalue weighted by Gasteiger charge is 2.34. The van der Waals surface area contributed by atoms with E-state index in [4.69, 9.17) is 4.74 Å². The number of rotatable bonds is 6. The second kappa shape index (κ2) is 10.5. The summed E-state index contributed by atoms with van der Waals surface area (Å²) in [6.07, 6.45) is 2.14. The van der Waals surface area contributed by atoms with E-state index in [1.54, 1.807) is 0 Å². The third-order valence-electron chi connectivity index (χ3n) is 8.44. The van der Waals surface area contributed by atoms with Crippen molar-refractivity contribution in [1.82, 2.24) is 30.1 Å². The summed E-state index contributed by atoms with van der Waals surface area (Å²) >= 11 is 0. The molecule has 2 atom stereocenters. The maximum absolute atomic E-state index is 13.7. The van der Waals surface area contributed by atoms with Gasteiger partial charge in [0, 0.05) is 54.9 Å². The molecule has 0 saturated carbocycles. The maximum Gasteiger partial charge on any atom is 0.253 e. The third kappa shape index (κ3) is 4.96. The number of benzene rings is 2. The lowest BCUT2D eigenvalue weighted by Gasteiger charge is -2.40. The lowest BCUT2D eigenvalue weighted by Crippen LogP contribution is -2.49. The summed E-state index contributed by atoms with van der Waals surface area (Å²) in [5, 5.41) is 14.0. The van der Waals surface area contributed by atoms with Gasteiger partial charge in [0.15, 0.2) is 5.82 Å². The molecule has 4 heterocycles. The molecule has 2 saturated heterocycles. The van der Waals surface area contributed by atoms with E-state index in [9.17, 15) is 4.79 Å². The predicted molar refractivity (Wildman–Crippen MR) is 152 cm³/mol. The Hall–Kier alpha value is -3.56. The lowest BCUT2D eigenvalue weighted by molar-refractivity contribution is 0.0906. The third-order valence-corrected chi connectivity index (χ3v) is 8.44. The normalized spacial score (nSPS) is 19.2. The van der Waals surface area contributed by atoms with Gasteiger partial charge < -0.3 is 14.6 Å². The Bertz CT molecular complexity index is 1540. The lowest BCUT2D eigenvalue weighted by atomic mass is 9.99. The van der Waals surface area contributed by atoms with Gasteiger partial charge in [-0.3, -0.25) is 9.69 Å². The van der Waals surface area contributed by atoms with Crippen LogP contribution in [0, 0.1) is 27.7 Å². The van der Waals surface area contributed by atoms with Crippen LogP contribution >= 0.6 is 0 Å². The van der Waals surface area contributed by atoms with Crippen LogP contribution in [0.3, 0.4) is 0 Å². The summed E-state index contributed by atoms with van der Waals surface area (Å²) in [7, 11) is 0. The van der Waals surface area contributed by atoms with E-state index in [1.807, 2.05) is 10.7 Å². The van der Waals surface area contributed by atoms with Crippen molar-refractivity contribution in [2.75, 3.05) is 37.7 Å². The fraction of sp³-hybridized carbons (Fsp3) is 0.467. The molecule has 0 amide bonds. The van der Waals surface area contributed by atoms with Gasteiger partial charge in [-0.25, -0.2) is 4.68 Å². The Balaban J connectivity index is 1.38. The highest BCUT2D eigenvalue weighted by Crippen LogP contribution is 2.31. The van der Waals surface area contributed by atoms with Crippen molar-refractivity contribution in [1.29, 1.82) is 0 Å². The molecule has 204 valence electrons. The Morgan fingerprint density at radius 3 is 2.64 bits per heavy atom. The van der Waals surface area contributed by atoms with E-state index in [1.165, 1.54) is 16.8 Å². The summed E-state index contributed by atoms with van der Waals surface area (Å²) in [5.41, 5.74) is 7.61. The number of anilines is 1. The standard InChI is InChI=1S/C30H37N7O2/c1-19-15-21(3)24-17-25(30(38)31-26(24)16-19)28(29-32-33-34-37(29)18-23-8-6-14-39-23)36-12-10-35(11-13-36)27-9-5-7-20(2)22(27)4/h5,7,9,15-17,23,28H,6,8,10-14,18H2,1-4H3,(H,31,38). The molecule has 0 spiro atoms. The maximum atomic E-state index is 13.7. The van der Waals surface area contributed by atoms with E-state index < -0.39 is 0 Å². The van der Waals surface area contributed by atoms with E-state index in [2.05, 4.69) is 88.3 Å². The molecule has 2 unspecified atom stereocenters. The molecule has 39 heavy (non-hydrogen) atoms. The average Bonchev–Trinajstić information content (AvgIpc) is 3.60. The zero-order valence-electron chi connectivity index (χ0n) is 23.3. The summed E-state index contributed by atoms with van der Waals surface area (Å²) in [6.45, 7) is 13.2. The van der Waals surface area contributed by atoms with Gasteiger partial charge in [-0.2, -0.15) is 0 Å². The molecule has 2 aliphatic rings. The number of tetrazole rings is 1. The average molecular weight is 528 g/mol. The number of nitrogens with one attached hydrogen (secondary N) is 1. The van der Waals surface area contributed by atoms with Crippen LogP contribution in [0.2, 0.25) is 0 Å². The predicted octanol–water partition coefficient (Wildman–Crippen LogP) is 3.84.